The van der Waals surface area contributed by atoms with E-state index in [1.165, 1.54) is 37.2 Å². The molecule has 0 spiro atoms. The molecule has 1 aliphatic heterocycles. The van der Waals surface area contributed by atoms with Crippen LogP contribution in [-0.2, 0) is 13.5 Å². The first kappa shape index (κ1) is 18.8. The van der Waals surface area contributed by atoms with Gasteiger partial charge in [-0.15, -0.1) is 0 Å². The second kappa shape index (κ2) is 8.51. The summed E-state index contributed by atoms with van der Waals surface area (Å²) >= 11 is 0. The third kappa shape index (κ3) is 4.97. The largest absolute Gasteiger partial charge is 0.356 e. The molecule has 0 saturated carbocycles. The average molecular weight is 335 g/mol. The van der Waals surface area contributed by atoms with Crippen LogP contribution >= 0.6 is 0 Å². The van der Waals surface area contributed by atoms with Gasteiger partial charge in [-0.2, -0.15) is 5.10 Å². The van der Waals surface area contributed by atoms with Crippen LogP contribution in [0.25, 0.3) is 0 Å². The predicted octanol–water partition coefficient (Wildman–Crippen LogP) is 1.47. The van der Waals surface area contributed by atoms with E-state index in [-0.39, 0.29) is 0 Å². The molecule has 0 radical (unpaired) electrons. The Morgan fingerprint density at radius 3 is 2.71 bits per heavy atom. The highest BCUT2D eigenvalue weighted by Gasteiger charge is 2.18. The van der Waals surface area contributed by atoms with Crippen LogP contribution in [-0.4, -0.2) is 60.4 Å². The van der Waals surface area contributed by atoms with Crippen molar-refractivity contribution in [2.24, 2.45) is 18.0 Å². The number of hydrogen-bond donors (Lipinski definition) is 2. The number of aromatic nitrogens is 2. The highest BCUT2D eigenvalue weighted by molar-refractivity contribution is 5.79. The number of likely N-dealkylation sites (tertiary alicyclic amines) is 1. The molecule has 0 bridgehead atoms. The summed E-state index contributed by atoms with van der Waals surface area (Å²) in [4.78, 5) is 6.80. The summed E-state index contributed by atoms with van der Waals surface area (Å²) in [6.07, 6.45) is 3.56. The molecular formula is C18H34N6. The lowest BCUT2D eigenvalue weighted by atomic mass is 9.98. The number of guanidine groups is 1. The molecule has 24 heavy (non-hydrogen) atoms. The summed E-state index contributed by atoms with van der Waals surface area (Å²) in [6.45, 7) is 9.81. The SMILES string of the molecule is CN=C(NCC1CCCN(C)C1)NC(C)Cc1c(C)nn(C)c1C. The first-order valence-electron chi connectivity index (χ1n) is 9.05. The number of nitrogens with one attached hydrogen (secondary N) is 2. The van der Waals surface area contributed by atoms with E-state index in [1.807, 2.05) is 18.8 Å². The van der Waals surface area contributed by atoms with Gasteiger partial charge in [-0.1, -0.05) is 0 Å². The fourth-order valence-corrected chi connectivity index (χ4v) is 3.58. The number of rotatable bonds is 5. The van der Waals surface area contributed by atoms with E-state index >= 15 is 0 Å². The summed E-state index contributed by atoms with van der Waals surface area (Å²) in [5, 5.41) is 11.5. The molecule has 0 aliphatic carbocycles. The van der Waals surface area contributed by atoms with Gasteiger partial charge in [0.05, 0.1) is 5.69 Å². The summed E-state index contributed by atoms with van der Waals surface area (Å²) in [5.74, 6) is 1.61. The number of aliphatic imine (C=N–C) groups is 1. The van der Waals surface area contributed by atoms with Crippen molar-refractivity contribution >= 4 is 5.96 Å². The summed E-state index contributed by atoms with van der Waals surface area (Å²) < 4.78 is 1.96. The van der Waals surface area contributed by atoms with Crippen molar-refractivity contribution in [2.45, 2.75) is 46.1 Å². The van der Waals surface area contributed by atoms with Gasteiger partial charge < -0.3 is 15.5 Å². The van der Waals surface area contributed by atoms with Crippen molar-refractivity contribution in [3.05, 3.63) is 17.0 Å². The third-order valence-electron chi connectivity index (χ3n) is 5.06. The maximum absolute atomic E-state index is 4.51. The van der Waals surface area contributed by atoms with E-state index in [2.05, 4.69) is 53.4 Å². The lowest BCUT2D eigenvalue weighted by molar-refractivity contribution is 0.210. The van der Waals surface area contributed by atoms with Crippen LogP contribution < -0.4 is 10.6 Å². The van der Waals surface area contributed by atoms with Crippen LogP contribution in [0.3, 0.4) is 0 Å². The fourth-order valence-electron chi connectivity index (χ4n) is 3.58. The summed E-state index contributed by atoms with van der Waals surface area (Å²) in [5.41, 5.74) is 3.70. The van der Waals surface area contributed by atoms with Gasteiger partial charge in [0.25, 0.3) is 0 Å². The van der Waals surface area contributed by atoms with E-state index in [0.717, 1.165) is 24.6 Å². The molecule has 2 unspecified atom stereocenters. The topological polar surface area (TPSA) is 57.5 Å². The van der Waals surface area contributed by atoms with Crippen LogP contribution in [0.5, 0.6) is 0 Å². The Kier molecular flexibility index (Phi) is 6.66. The second-order valence-electron chi connectivity index (χ2n) is 7.25. The highest BCUT2D eigenvalue weighted by atomic mass is 15.3. The minimum absolute atomic E-state index is 0.312. The van der Waals surface area contributed by atoms with E-state index in [1.54, 1.807) is 0 Å². The monoisotopic (exact) mass is 334 g/mol. The lowest BCUT2D eigenvalue weighted by Crippen LogP contribution is -2.46. The molecule has 2 heterocycles. The first-order chi connectivity index (χ1) is 11.4. The second-order valence-corrected chi connectivity index (χ2v) is 7.25. The van der Waals surface area contributed by atoms with Crippen LogP contribution in [0.4, 0.5) is 0 Å². The molecular weight excluding hydrogens is 300 g/mol. The molecule has 1 aromatic rings. The van der Waals surface area contributed by atoms with Crippen LogP contribution in [0.2, 0.25) is 0 Å². The summed E-state index contributed by atoms with van der Waals surface area (Å²) in [7, 11) is 6.06. The van der Waals surface area contributed by atoms with Gasteiger partial charge in [0.1, 0.15) is 0 Å². The van der Waals surface area contributed by atoms with Gasteiger partial charge in [-0.3, -0.25) is 9.67 Å². The fraction of sp³-hybridized carbons (Fsp3) is 0.778. The predicted molar refractivity (Wildman–Crippen MR) is 101 cm³/mol. The van der Waals surface area contributed by atoms with E-state index in [0.29, 0.717) is 12.0 Å². The van der Waals surface area contributed by atoms with Crippen molar-refractivity contribution in [3.8, 4) is 0 Å². The van der Waals surface area contributed by atoms with Gasteiger partial charge >= 0.3 is 0 Å². The smallest absolute Gasteiger partial charge is 0.191 e. The van der Waals surface area contributed by atoms with Crippen molar-refractivity contribution in [1.29, 1.82) is 0 Å². The minimum atomic E-state index is 0.312. The normalized spacial score (nSPS) is 20.9. The van der Waals surface area contributed by atoms with Crippen LogP contribution in [0.1, 0.15) is 36.7 Å². The van der Waals surface area contributed by atoms with Crippen LogP contribution in [0.15, 0.2) is 4.99 Å². The Hall–Kier alpha value is -1.56. The van der Waals surface area contributed by atoms with Crippen molar-refractivity contribution in [1.82, 2.24) is 25.3 Å². The molecule has 1 aliphatic rings. The molecule has 6 heteroatoms. The van der Waals surface area contributed by atoms with Gasteiger partial charge in [0.2, 0.25) is 0 Å². The molecule has 1 fully saturated rings. The van der Waals surface area contributed by atoms with Crippen molar-refractivity contribution in [2.75, 3.05) is 33.7 Å². The minimum Gasteiger partial charge on any atom is -0.356 e. The standard InChI is InChI=1S/C18H34N6/c1-13(10-17-14(2)22-24(6)15(17)3)21-18(19-4)20-11-16-8-7-9-23(5)12-16/h13,16H,7-12H2,1-6H3,(H2,19,20,21). The zero-order chi connectivity index (χ0) is 17.7. The molecule has 6 nitrogen and oxygen atoms in total. The molecule has 0 amide bonds. The Labute approximate surface area is 146 Å². The number of aryl methyl sites for hydroxylation is 2. The van der Waals surface area contributed by atoms with Gasteiger partial charge in [-0.05, 0) is 65.1 Å². The highest BCUT2D eigenvalue weighted by Crippen LogP contribution is 2.15. The molecule has 136 valence electrons. The maximum atomic E-state index is 4.51. The third-order valence-corrected chi connectivity index (χ3v) is 5.06. The Balaban J connectivity index is 1.83. The van der Waals surface area contributed by atoms with Crippen molar-refractivity contribution in [3.63, 3.8) is 0 Å². The molecule has 2 atom stereocenters. The quantitative estimate of drug-likeness (QED) is 0.632. The van der Waals surface area contributed by atoms with Gasteiger partial charge in [0, 0.05) is 38.9 Å². The van der Waals surface area contributed by atoms with Gasteiger partial charge in [0.15, 0.2) is 5.96 Å². The molecule has 0 aromatic carbocycles. The summed E-state index contributed by atoms with van der Waals surface area (Å²) in [6, 6.07) is 0.312. The van der Waals surface area contributed by atoms with Crippen molar-refractivity contribution < 1.29 is 0 Å². The molecule has 2 rings (SSSR count). The van der Waals surface area contributed by atoms with Crippen LogP contribution in [0, 0.1) is 19.8 Å². The zero-order valence-electron chi connectivity index (χ0n) is 16.2. The van der Waals surface area contributed by atoms with E-state index in [4.69, 9.17) is 0 Å². The first-order valence-corrected chi connectivity index (χ1v) is 9.05. The van der Waals surface area contributed by atoms with E-state index in [9.17, 15) is 0 Å². The van der Waals surface area contributed by atoms with Gasteiger partial charge in [-0.25, -0.2) is 0 Å². The zero-order valence-corrected chi connectivity index (χ0v) is 16.2. The Morgan fingerprint density at radius 2 is 2.12 bits per heavy atom. The lowest BCUT2D eigenvalue weighted by Gasteiger charge is -2.30. The number of hydrogen-bond acceptors (Lipinski definition) is 3. The molecule has 2 N–H and O–H groups in total. The van der Waals surface area contributed by atoms with E-state index < -0.39 is 0 Å². The maximum Gasteiger partial charge on any atom is 0.191 e. The average Bonchev–Trinajstić information content (AvgIpc) is 2.78. The number of nitrogens with zero attached hydrogens (tertiary/aromatic N) is 4. The number of piperidine rings is 1. The Morgan fingerprint density at radius 1 is 1.38 bits per heavy atom. The molecule has 1 saturated heterocycles. The molecule has 1 aromatic heterocycles. The Bertz CT molecular complexity index is 562.